The van der Waals surface area contributed by atoms with Gasteiger partial charge in [0.15, 0.2) is 5.15 Å². The van der Waals surface area contributed by atoms with Crippen LogP contribution in [0.1, 0.15) is 5.56 Å². The van der Waals surface area contributed by atoms with E-state index in [0.717, 1.165) is 5.56 Å². The maximum absolute atomic E-state index is 12.3. The molecule has 0 amide bonds. The highest BCUT2D eigenvalue weighted by atomic mass is 35.5. The van der Waals surface area contributed by atoms with Gasteiger partial charge in [0, 0.05) is 5.39 Å². The number of sulfonamides is 1. The van der Waals surface area contributed by atoms with E-state index in [1.165, 1.54) is 12.1 Å². The average Bonchev–Trinajstić information content (AvgIpc) is 2.54. The fourth-order valence-corrected chi connectivity index (χ4v) is 3.08. The Morgan fingerprint density at radius 1 is 1.00 bits per heavy atom. The molecule has 2 aromatic carbocycles. The second kappa shape index (κ2) is 6.11. The van der Waals surface area contributed by atoms with Crippen LogP contribution in [-0.2, 0) is 10.0 Å². The summed E-state index contributed by atoms with van der Waals surface area (Å²) in [4.78, 5) is 2.46. The van der Waals surface area contributed by atoms with E-state index in [-0.39, 0.29) is 10.0 Å². The van der Waals surface area contributed by atoms with Crippen LogP contribution < -0.4 is 10.3 Å². The number of halogens is 1. The molecule has 118 valence electrons. The summed E-state index contributed by atoms with van der Waals surface area (Å²) < 4.78 is 24.6. The molecule has 0 unspecified atom stereocenters. The monoisotopic (exact) mass is 348 g/mol. The van der Waals surface area contributed by atoms with E-state index >= 15 is 0 Å². The standard InChI is InChI=1S/C15H13ClN4O2S/c1-10-6-8-11(9-7-10)23(21,22)20-18-14-12-4-2-3-5-13(12)17-19-15(14)16/h2-9,20H,1H3,(H,17,18). The maximum Gasteiger partial charge on any atom is 0.257 e. The Morgan fingerprint density at radius 2 is 1.70 bits per heavy atom. The van der Waals surface area contributed by atoms with Crippen LogP contribution in [0.2, 0.25) is 5.15 Å². The predicted octanol–water partition coefficient (Wildman–Crippen LogP) is 2.90. The number of aryl methyl sites for hydroxylation is 1. The van der Waals surface area contributed by atoms with E-state index in [2.05, 4.69) is 20.5 Å². The molecular formula is C15H13ClN4O2S. The van der Waals surface area contributed by atoms with Crippen LogP contribution in [0.15, 0.2) is 53.4 Å². The third-order valence-corrected chi connectivity index (χ3v) is 4.80. The van der Waals surface area contributed by atoms with E-state index in [1.54, 1.807) is 30.3 Å². The highest BCUT2D eigenvalue weighted by molar-refractivity contribution is 7.89. The second-order valence-corrected chi connectivity index (χ2v) is 6.97. The molecule has 0 bridgehead atoms. The van der Waals surface area contributed by atoms with Gasteiger partial charge in [0.1, 0.15) is 0 Å². The fourth-order valence-electron chi connectivity index (χ4n) is 2.04. The van der Waals surface area contributed by atoms with E-state index in [9.17, 15) is 8.42 Å². The largest absolute Gasteiger partial charge is 0.304 e. The van der Waals surface area contributed by atoms with Gasteiger partial charge in [-0.15, -0.1) is 15.0 Å². The van der Waals surface area contributed by atoms with Crippen LogP contribution in [0.3, 0.4) is 0 Å². The van der Waals surface area contributed by atoms with Gasteiger partial charge in [-0.25, -0.2) is 8.42 Å². The number of fused-ring (bicyclic) bond motifs is 1. The highest BCUT2D eigenvalue weighted by Crippen LogP contribution is 2.27. The van der Waals surface area contributed by atoms with Crippen molar-refractivity contribution in [2.45, 2.75) is 11.8 Å². The van der Waals surface area contributed by atoms with Gasteiger partial charge in [-0.1, -0.05) is 47.5 Å². The molecule has 0 radical (unpaired) electrons. The third-order valence-electron chi connectivity index (χ3n) is 3.27. The zero-order valence-corrected chi connectivity index (χ0v) is 13.7. The first kappa shape index (κ1) is 15.7. The summed E-state index contributed by atoms with van der Waals surface area (Å²) in [7, 11) is -3.73. The lowest BCUT2D eigenvalue weighted by Crippen LogP contribution is -2.30. The molecule has 0 aliphatic carbocycles. The Bertz CT molecular complexity index is 959. The number of nitrogens with zero attached hydrogens (tertiary/aromatic N) is 2. The smallest absolute Gasteiger partial charge is 0.257 e. The molecule has 0 aliphatic heterocycles. The maximum atomic E-state index is 12.3. The van der Waals surface area contributed by atoms with Crippen LogP contribution in [0.5, 0.6) is 0 Å². The molecule has 0 spiro atoms. The van der Waals surface area contributed by atoms with Crippen LogP contribution in [0, 0.1) is 6.92 Å². The summed E-state index contributed by atoms with van der Waals surface area (Å²) in [5.74, 6) is 0. The van der Waals surface area contributed by atoms with Gasteiger partial charge in [-0.05, 0) is 25.1 Å². The molecule has 0 atom stereocenters. The molecule has 8 heteroatoms. The van der Waals surface area contributed by atoms with Crippen LogP contribution in [0.4, 0.5) is 5.69 Å². The third kappa shape index (κ3) is 3.26. The number of aromatic nitrogens is 2. The molecule has 2 N–H and O–H groups in total. The number of rotatable bonds is 4. The van der Waals surface area contributed by atoms with Crippen LogP contribution in [0.25, 0.3) is 10.9 Å². The molecule has 3 rings (SSSR count). The first-order valence-electron chi connectivity index (χ1n) is 6.73. The number of hydrogen-bond acceptors (Lipinski definition) is 5. The molecular weight excluding hydrogens is 336 g/mol. The Labute approximate surface area is 138 Å². The quantitative estimate of drug-likeness (QED) is 0.708. The minimum absolute atomic E-state index is 0.0790. The van der Waals surface area contributed by atoms with E-state index in [1.807, 2.05) is 13.0 Å². The van der Waals surface area contributed by atoms with Crippen molar-refractivity contribution >= 4 is 38.2 Å². The minimum Gasteiger partial charge on any atom is -0.304 e. The Hall–Kier alpha value is -2.22. The van der Waals surface area contributed by atoms with Gasteiger partial charge >= 0.3 is 0 Å². The topological polar surface area (TPSA) is 84.0 Å². The van der Waals surface area contributed by atoms with Crippen molar-refractivity contribution in [3.8, 4) is 0 Å². The molecule has 23 heavy (non-hydrogen) atoms. The number of nitrogens with one attached hydrogen (secondary N) is 2. The van der Waals surface area contributed by atoms with Crippen LogP contribution >= 0.6 is 11.6 Å². The Balaban J connectivity index is 1.91. The predicted molar refractivity (Wildman–Crippen MR) is 89.7 cm³/mol. The number of anilines is 1. The van der Waals surface area contributed by atoms with Crippen molar-refractivity contribution in [3.63, 3.8) is 0 Å². The van der Waals surface area contributed by atoms with Gasteiger partial charge in [-0.2, -0.15) is 0 Å². The molecule has 3 aromatic rings. The zero-order valence-electron chi connectivity index (χ0n) is 12.1. The van der Waals surface area contributed by atoms with Crippen molar-refractivity contribution in [2.75, 3.05) is 5.43 Å². The first-order valence-corrected chi connectivity index (χ1v) is 8.59. The van der Waals surface area contributed by atoms with Gasteiger partial charge in [0.25, 0.3) is 10.0 Å². The van der Waals surface area contributed by atoms with Gasteiger partial charge in [0.2, 0.25) is 0 Å². The number of hydrogen-bond donors (Lipinski definition) is 2. The molecule has 0 saturated carbocycles. The first-order chi connectivity index (χ1) is 11.0. The molecule has 0 fully saturated rings. The summed E-state index contributed by atoms with van der Waals surface area (Å²) in [5, 5.41) is 8.51. The lowest BCUT2D eigenvalue weighted by Gasteiger charge is -2.12. The van der Waals surface area contributed by atoms with Crippen molar-refractivity contribution in [3.05, 3.63) is 59.2 Å². The normalized spacial score (nSPS) is 11.6. The van der Waals surface area contributed by atoms with Crippen molar-refractivity contribution < 1.29 is 8.42 Å². The molecule has 0 saturated heterocycles. The van der Waals surface area contributed by atoms with Crippen molar-refractivity contribution in [1.29, 1.82) is 0 Å². The molecule has 0 aliphatic rings. The Kier molecular flexibility index (Phi) is 4.16. The SMILES string of the molecule is Cc1ccc(S(=O)(=O)NNc2c(Cl)nnc3ccccc23)cc1. The van der Waals surface area contributed by atoms with Gasteiger partial charge < -0.3 is 5.43 Å². The summed E-state index contributed by atoms with van der Waals surface area (Å²) >= 11 is 6.03. The van der Waals surface area contributed by atoms with E-state index in [0.29, 0.717) is 16.6 Å². The summed E-state index contributed by atoms with van der Waals surface area (Å²) in [6.45, 7) is 1.89. The summed E-state index contributed by atoms with van der Waals surface area (Å²) in [6, 6.07) is 13.7. The average molecular weight is 349 g/mol. The lowest BCUT2D eigenvalue weighted by atomic mass is 10.2. The van der Waals surface area contributed by atoms with E-state index in [4.69, 9.17) is 11.6 Å². The second-order valence-electron chi connectivity index (χ2n) is 4.93. The fraction of sp³-hybridized carbons (Fsp3) is 0.0667. The molecule has 1 aromatic heterocycles. The Morgan fingerprint density at radius 3 is 2.43 bits per heavy atom. The van der Waals surface area contributed by atoms with Crippen molar-refractivity contribution in [2.24, 2.45) is 0 Å². The van der Waals surface area contributed by atoms with Crippen molar-refractivity contribution in [1.82, 2.24) is 15.0 Å². The minimum atomic E-state index is -3.73. The summed E-state index contributed by atoms with van der Waals surface area (Å²) in [5.41, 5.74) is 4.57. The highest BCUT2D eigenvalue weighted by Gasteiger charge is 2.15. The lowest BCUT2D eigenvalue weighted by molar-refractivity contribution is 0.588. The number of benzene rings is 2. The van der Waals surface area contributed by atoms with Crippen LogP contribution in [-0.4, -0.2) is 18.6 Å². The zero-order chi connectivity index (χ0) is 16.4. The van der Waals surface area contributed by atoms with Gasteiger partial charge in [-0.3, -0.25) is 0 Å². The van der Waals surface area contributed by atoms with Gasteiger partial charge in [0.05, 0.1) is 16.1 Å². The summed E-state index contributed by atoms with van der Waals surface area (Å²) in [6.07, 6.45) is 0. The molecule has 1 heterocycles. The molecule has 6 nitrogen and oxygen atoms in total. The van der Waals surface area contributed by atoms with E-state index < -0.39 is 10.0 Å². The number of hydrazine groups is 1.